The molecule has 17 heavy (non-hydrogen) atoms. The van der Waals surface area contributed by atoms with Crippen molar-refractivity contribution >= 4 is 6.34 Å². The van der Waals surface area contributed by atoms with Gasteiger partial charge in [0.05, 0.1) is 6.04 Å². The van der Waals surface area contributed by atoms with Crippen LogP contribution in [0.4, 0.5) is 0 Å². The van der Waals surface area contributed by atoms with Gasteiger partial charge in [-0.3, -0.25) is 0 Å². The van der Waals surface area contributed by atoms with Crippen molar-refractivity contribution in [2.24, 2.45) is 10.4 Å². The topological polar surface area (TPSA) is 48.2 Å². The molecule has 0 aliphatic heterocycles. The Hall–Kier alpha value is -1.82. The fourth-order valence-electron chi connectivity index (χ4n) is 2.52. The predicted octanol–water partition coefficient (Wildman–Crippen LogP) is 2.80. The molecule has 1 aromatic carbocycles. The standard InChI is InChI=1S/C14H17N3/c1-14(2)8-7-11-5-3-4-6-12(11)13(14)17-10-16-9-15/h3-6,10,13H,7-8H2,1-2H3,(H,16,17). The second-order valence-corrected chi connectivity index (χ2v) is 5.15. The van der Waals surface area contributed by atoms with Crippen LogP contribution in [0.15, 0.2) is 29.3 Å². The Balaban J connectivity index is 2.32. The highest BCUT2D eigenvalue weighted by molar-refractivity contribution is 5.57. The smallest absolute Gasteiger partial charge is 0.207 e. The van der Waals surface area contributed by atoms with Gasteiger partial charge >= 0.3 is 0 Å². The van der Waals surface area contributed by atoms with Crippen molar-refractivity contribution in [2.45, 2.75) is 32.7 Å². The van der Waals surface area contributed by atoms with Crippen LogP contribution in [0.25, 0.3) is 0 Å². The highest BCUT2D eigenvalue weighted by Crippen LogP contribution is 2.42. The van der Waals surface area contributed by atoms with E-state index in [9.17, 15) is 0 Å². The van der Waals surface area contributed by atoms with Crippen LogP contribution >= 0.6 is 0 Å². The van der Waals surface area contributed by atoms with Gasteiger partial charge in [0.25, 0.3) is 0 Å². The summed E-state index contributed by atoms with van der Waals surface area (Å²) in [6, 6.07) is 8.72. The molecule has 1 aromatic rings. The summed E-state index contributed by atoms with van der Waals surface area (Å²) in [7, 11) is 0. The summed E-state index contributed by atoms with van der Waals surface area (Å²) >= 11 is 0. The normalized spacial score (nSPS) is 21.8. The summed E-state index contributed by atoms with van der Waals surface area (Å²) in [6.07, 6.45) is 5.54. The maximum absolute atomic E-state index is 8.43. The van der Waals surface area contributed by atoms with Gasteiger partial charge in [-0.2, -0.15) is 10.3 Å². The number of aliphatic imine (C=N–C) groups is 1. The molecule has 3 heteroatoms. The van der Waals surface area contributed by atoms with Crippen LogP contribution in [0.3, 0.4) is 0 Å². The molecule has 1 atom stereocenters. The number of nitrogens with one attached hydrogen (secondary N) is 1. The second kappa shape index (κ2) is 4.58. The molecule has 0 fully saturated rings. The summed E-state index contributed by atoms with van der Waals surface area (Å²) in [4.78, 5) is 3.57. The molecule has 1 aliphatic rings. The Labute approximate surface area is 102 Å². The zero-order valence-electron chi connectivity index (χ0n) is 10.3. The third kappa shape index (κ3) is 2.31. The molecule has 0 saturated heterocycles. The van der Waals surface area contributed by atoms with E-state index in [1.165, 1.54) is 17.5 Å². The van der Waals surface area contributed by atoms with Crippen LogP contribution in [-0.2, 0) is 6.42 Å². The summed E-state index contributed by atoms with van der Waals surface area (Å²) in [5, 5.41) is 11.7. The van der Waals surface area contributed by atoms with Crippen molar-refractivity contribution in [1.29, 1.82) is 5.26 Å². The number of nitrogens with zero attached hydrogens (tertiary/aromatic N) is 2. The van der Waals surface area contributed by atoms with E-state index < -0.39 is 0 Å². The van der Waals surface area contributed by atoms with E-state index in [0.717, 1.165) is 12.8 Å². The Kier molecular flexibility index (Phi) is 3.14. The van der Waals surface area contributed by atoms with E-state index in [2.05, 4.69) is 48.4 Å². The molecule has 0 heterocycles. The average molecular weight is 227 g/mol. The molecule has 1 unspecified atom stereocenters. The van der Waals surface area contributed by atoms with Gasteiger partial charge in [-0.05, 0) is 29.4 Å². The van der Waals surface area contributed by atoms with E-state index in [1.54, 1.807) is 6.19 Å². The lowest BCUT2D eigenvalue weighted by atomic mass is 9.70. The minimum absolute atomic E-state index is 0.176. The lowest BCUT2D eigenvalue weighted by Crippen LogP contribution is -2.37. The van der Waals surface area contributed by atoms with Gasteiger partial charge in [0.15, 0.2) is 0 Å². The number of fused-ring (bicyclic) bond motifs is 1. The number of aryl methyl sites for hydroxylation is 1. The third-order valence-electron chi connectivity index (χ3n) is 3.55. The van der Waals surface area contributed by atoms with Crippen LogP contribution in [0.5, 0.6) is 0 Å². The van der Waals surface area contributed by atoms with Crippen molar-refractivity contribution in [3.63, 3.8) is 0 Å². The third-order valence-corrected chi connectivity index (χ3v) is 3.55. The van der Waals surface area contributed by atoms with Crippen LogP contribution in [0.1, 0.15) is 37.4 Å². The molecule has 3 nitrogen and oxygen atoms in total. The number of rotatable bonds is 2. The molecular weight excluding hydrogens is 210 g/mol. The van der Waals surface area contributed by atoms with E-state index in [-0.39, 0.29) is 11.5 Å². The van der Waals surface area contributed by atoms with E-state index in [1.807, 2.05) is 0 Å². The Morgan fingerprint density at radius 3 is 3.00 bits per heavy atom. The highest BCUT2D eigenvalue weighted by atomic mass is 15.0. The van der Waals surface area contributed by atoms with Gasteiger partial charge in [-0.15, -0.1) is 0 Å². The zero-order valence-corrected chi connectivity index (χ0v) is 10.3. The first-order valence-electron chi connectivity index (χ1n) is 5.89. The van der Waals surface area contributed by atoms with Gasteiger partial charge in [-0.25, -0.2) is 0 Å². The van der Waals surface area contributed by atoms with Crippen molar-refractivity contribution in [2.75, 3.05) is 0 Å². The molecule has 1 aliphatic carbocycles. The molecule has 2 rings (SSSR count). The molecule has 0 bridgehead atoms. The van der Waals surface area contributed by atoms with Crippen molar-refractivity contribution < 1.29 is 0 Å². The number of nitriles is 1. The summed E-state index contributed by atoms with van der Waals surface area (Å²) in [6.45, 7) is 4.50. The quantitative estimate of drug-likeness (QED) is 0.480. The monoisotopic (exact) mass is 227 g/mol. The van der Waals surface area contributed by atoms with Gasteiger partial charge in [-0.1, -0.05) is 38.1 Å². The van der Waals surface area contributed by atoms with Gasteiger partial charge in [0.2, 0.25) is 6.19 Å². The van der Waals surface area contributed by atoms with Crippen molar-refractivity contribution in [1.82, 2.24) is 5.32 Å². The minimum Gasteiger partial charge on any atom is -0.368 e. The number of hydrogen-bond acceptors (Lipinski definition) is 2. The van der Waals surface area contributed by atoms with Gasteiger partial charge in [0.1, 0.15) is 6.34 Å². The maximum atomic E-state index is 8.43. The van der Waals surface area contributed by atoms with Crippen LogP contribution in [0, 0.1) is 16.9 Å². The lowest BCUT2D eigenvalue weighted by molar-refractivity contribution is 0.232. The average Bonchev–Trinajstić information content (AvgIpc) is 2.32. The molecule has 1 N–H and O–H groups in total. The predicted molar refractivity (Wildman–Crippen MR) is 68.5 cm³/mol. The van der Waals surface area contributed by atoms with Crippen LogP contribution < -0.4 is 5.32 Å². The SMILES string of the molecule is CC1(C)CCc2ccccc2C1N/C=N\C#N. The Morgan fingerprint density at radius 2 is 2.24 bits per heavy atom. The fourth-order valence-corrected chi connectivity index (χ4v) is 2.52. The second-order valence-electron chi connectivity index (χ2n) is 5.15. The van der Waals surface area contributed by atoms with E-state index in [0.29, 0.717) is 0 Å². The molecule has 0 amide bonds. The first-order chi connectivity index (χ1) is 8.15. The van der Waals surface area contributed by atoms with Gasteiger partial charge in [0, 0.05) is 0 Å². The highest BCUT2D eigenvalue weighted by Gasteiger charge is 2.34. The van der Waals surface area contributed by atoms with Crippen molar-refractivity contribution in [3.8, 4) is 6.19 Å². The Bertz CT molecular complexity index is 469. The largest absolute Gasteiger partial charge is 0.368 e. The molecular formula is C14H17N3. The number of hydrogen-bond donors (Lipinski definition) is 1. The summed E-state index contributed by atoms with van der Waals surface area (Å²) in [5.74, 6) is 0. The van der Waals surface area contributed by atoms with Crippen LogP contribution in [0.2, 0.25) is 0 Å². The first kappa shape index (κ1) is 11.7. The zero-order chi connectivity index (χ0) is 12.3. The maximum Gasteiger partial charge on any atom is 0.207 e. The molecule has 0 saturated carbocycles. The van der Waals surface area contributed by atoms with Crippen LogP contribution in [-0.4, -0.2) is 6.34 Å². The molecule has 0 spiro atoms. The molecule has 0 aromatic heterocycles. The molecule has 0 radical (unpaired) electrons. The number of benzene rings is 1. The first-order valence-corrected chi connectivity index (χ1v) is 5.89. The van der Waals surface area contributed by atoms with Gasteiger partial charge < -0.3 is 5.32 Å². The Morgan fingerprint density at radius 1 is 1.47 bits per heavy atom. The molecule has 88 valence electrons. The summed E-state index contributed by atoms with van der Waals surface area (Å²) < 4.78 is 0. The van der Waals surface area contributed by atoms with E-state index in [4.69, 9.17) is 5.26 Å². The van der Waals surface area contributed by atoms with Crippen molar-refractivity contribution in [3.05, 3.63) is 35.4 Å². The fraction of sp³-hybridized carbons (Fsp3) is 0.429. The minimum atomic E-state index is 0.176. The summed E-state index contributed by atoms with van der Waals surface area (Å²) in [5.41, 5.74) is 2.90. The van der Waals surface area contributed by atoms with E-state index >= 15 is 0 Å². The lowest BCUT2D eigenvalue weighted by Gasteiger charge is -2.40.